The lowest BCUT2D eigenvalue weighted by Crippen LogP contribution is -2.00. The SMILES string of the molecule is CCC(CCC(C)C)c1ccc(-c2ccc(C)cc2)cc1. The van der Waals surface area contributed by atoms with Crippen LogP contribution >= 0.6 is 0 Å². The minimum Gasteiger partial charge on any atom is -0.0648 e. The molecule has 0 aliphatic rings. The first kappa shape index (κ1) is 15.8. The second-order valence-electron chi connectivity index (χ2n) is 6.56. The zero-order valence-corrected chi connectivity index (χ0v) is 13.9. The van der Waals surface area contributed by atoms with Crippen molar-refractivity contribution in [1.29, 1.82) is 0 Å². The largest absolute Gasteiger partial charge is 0.0648 e. The highest BCUT2D eigenvalue weighted by Crippen LogP contribution is 2.29. The fourth-order valence-electron chi connectivity index (χ4n) is 2.83. The third-order valence-corrected chi connectivity index (χ3v) is 4.35. The van der Waals surface area contributed by atoms with E-state index in [2.05, 4.69) is 76.2 Å². The van der Waals surface area contributed by atoms with Crippen LogP contribution in [0, 0.1) is 12.8 Å². The minimum absolute atomic E-state index is 0.708. The van der Waals surface area contributed by atoms with Crippen molar-refractivity contribution in [1.82, 2.24) is 0 Å². The Morgan fingerprint density at radius 3 is 1.76 bits per heavy atom. The molecule has 0 aliphatic heterocycles. The van der Waals surface area contributed by atoms with Crippen molar-refractivity contribution >= 4 is 0 Å². The molecule has 0 amide bonds. The molecule has 2 aromatic rings. The van der Waals surface area contributed by atoms with E-state index in [9.17, 15) is 0 Å². The standard InChI is InChI=1S/C21H28/c1-5-18(9-6-16(2)3)19-12-14-21(15-13-19)20-10-7-17(4)8-11-20/h7-8,10-16,18H,5-6,9H2,1-4H3. The third kappa shape index (κ3) is 4.46. The van der Waals surface area contributed by atoms with Crippen molar-refractivity contribution < 1.29 is 0 Å². The van der Waals surface area contributed by atoms with Gasteiger partial charge in [-0.05, 0) is 48.3 Å². The fourth-order valence-corrected chi connectivity index (χ4v) is 2.83. The second kappa shape index (κ2) is 7.45. The maximum atomic E-state index is 2.32. The molecule has 0 heterocycles. The highest BCUT2D eigenvalue weighted by molar-refractivity contribution is 5.64. The van der Waals surface area contributed by atoms with Crippen molar-refractivity contribution in [3.05, 3.63) is 59.7 Å². The summed E-state index contributed by atoms with van der Waals surface area (Å²) in [5, 5.41) is 0. The maximum absolute atomic E-state index is 2.32. The molecule has 0 heteroatoms. The smallest absolute Gasteiger partial charge is 0.0164 e. The van der Waals surface area contributed by atoms with E-state index in [1.165, 1.54) is 41.5 Å². The number of rotatable bonds is 6. The molecule has 0 N–H and O–H groups in total. The monoisotopic (exact) mass is 280 g/mol. The molecule has 1 atom stereocenters. The van der Waals surface area contributed by atoms with Gasteiger partial charge in [0.05, 0.1) is 0 Å². The number of benzene rings is 2. The fraction of sp³-hybridized carbons (Fsp3) is 0.429. The summed E-state index contributed by atoms with van der Waals surface area (Å²) >= 11 is 0. The van der Waals surface area contributed by atoms with Gasteiger partial charge in [-0.25, -0.2) is 0 Å². The predicted molar refractivity (Wildman–Crippen MR) is 93.7 cm³/mol. The molecule has 112 valence electrons. The van der Waals surface area contributed by atoms with Gasteiger partial charge in [0, 0.05) is 0 Å². The van der Waals surface area contributed by atoms with Crippen LogP contribution in [-0.2, 0) is 0 Å². The van der Waals surface area contributed by atoms with E-state index in [-0.39, 0.29) is 0 Å². The topological polar surface area (TPSA) is 0 Å². The van der Waals surface area contributed by atoms with Crippen LogP contribution in [0.4, 0.5) is 0 Å². The molecule has 0 nitrogen and oxygen atoms in total. The lowest BCUT2D eigenvalue weighted by Gasteiger charge is -2.17. The van der Waals surface area contributed by atoms with Crippen LogP contribution in [0.3, 0.4) is 0 Å². The summed E-state index contributed by atoms with van der Waals surface area (Å²) in [5.41, 5.74) is 5.43. The summed E-state index contributed by atoms with van der Waals surface area (Å²) in [5.74, 6) is 1.50. The van der Waals surface area contributed by atoms with Gasteiger partial charge in [-0.15, -0.1) is 0 Å². The zero-order valence-electron chi connectivity index (χ0n) is 13.9. The minimum atomic E-state index is 0.708. The Kier molecular flexibility index (Phi) is 5.61. The van der Waals surface area contributed by atoms with Crippen LogP contribution in [0.1, 0.15) is 57.1 Å². The normalized spacial score (nSPS) is 12.6. The van der Waals surface area contributed by atoms with Crippen molar-refractivity contribution in [2.45, 2.75) is 52.9 Å². The summed E-state index contributed by atoms with van der Waals surface area (Å²) in [4.78, 5) is 0. The second-order valence-corrected chi connectivity index (χ2v) is 6.56. The van der Waals surface area contributed by atoms with Crippen LogP contribution in [0.15, 0.2) is 48.5 Å². The van der Waals surface area contributed by atoms with Crippen LogP contribution in [0.2, 0.25) is 0 Å². The van der Waals surface area contributed by atoms with Crippen molar-refractivity contribution in [2.24, 2.45) is 5.92 Å². The molecule has 0 radical (unpaired) electrons. The molecular weight excluding hydrogens is 252 g/mol. The molecule has 0 spiro atoms. The molecule has 21 heavy (non-hydrogen) atoms. The average Bonchev–Trinajstić information content (AvgIpc) is 2.49. The van der Waals surface area contributed by atoms with Gasteiger partial charge in [0.15, 0.2) is 0 Å². The van der Waals surface area contributed by atoms with Gasteiger partial charge in [-0.2, -0.15) is 0 Å². The summed E-state index contributed by atoms with van der Waals surface area (Å²) in [7, 11) is 0. The Bertz CT molecular complexity index is 531. The maximum Gasteiger partial charge on any atom is -0.0164 e. The summed E-state index contributed by atoms with van der Waals surface area (Å²) in [6.45, 7) is 9.06. The van der Waals surface area contributed by atoms with Gasteiger partial charge in [0.25, 0.3) is 0 Å². The van der Waals surface area contributed by atoms with Crippen LogP contribution in [0.25, 0.3) is 11.1 Å². The molecule has 1 unspecified atom stereocenters. The number of hydrogen-bond donors (Lipinski definition) is 0. The quantitative estimate of drug-likeness (QED) is 0.559. The molecule has 0 aliphatic carbocycles. The van der Waals surface area contributed by atoms with Crippen LogP contribution in [-0.4, -0.2) is 0 Å². The molecular formula is C21H28. The Morgan fingerprint density at radius 1 is 0.762 bits per heavy atom. The van der Waals surface area contributed by atoms with E-state index < -0.39 is 0 Å². The highest BCUT2D eigenvalue weighted by atomic mass is 14.2. The first-order valence-electron chi connectivity index (χ1n) is 8.27. The number of hydrogen-bond acceptors (Lipinski definition) is 0. The average molecular weight is 280 g/mol. The van der Waals surface area contributed by atoms with E-state index in [4.69, 9.17) is 0 Å². The van der Waals surface area contributed by atoms with E-state index in [1.807, 2.05) is 0 Å². The Hall–Kier alpha value is -1.56. The molecule has 2 aromatic carbocycles. The number of aryl methyl sites for hydroxylation is 1. The van der Waals surface area contributed by atoms with Crippen molar-refractivity contribution in [3.63, 3.8) is 0 Å². The molecule has 0 saturated heterocycles. The first-order valence-corrected chi connectivity index (χ1v) is 8.27. The Morgan fingerprint density at radius 2 is 1.29 bits per heavy atom. The first-order chi connectivity index (χ1) is 10.1. The predicted octanol–water partition coefficient (Wildman–Crippen LogP) is 6.59. The lowest BCUT2D eigenvalue weighted by molar-refractivity contribution is 0.492. The molecule has 2 rings (SSSR count). The third-order valence-electron chi connectivity index (χ3n) is 4.35. The van der Waals surface area contributed by atoms with E-state index in [0.29, 0.717) is 5.92 Å². The Balaban J connectivity index is 2.11. The molecule has 0 aromatic heterocycles. The molecule has 0 bridgehead atoms. The van der Waals surface area contributed by atoms with Crippen LogP contribution < -0.4 is 0 Å². The van der Waals surface area contributed by atoms with E-state index >= 15 is 0 Å². The van der Waals surface area contributed by atoms with Crippen molar-refractivity contribution in [3.8, 4) is 11.1 Å². The van der Waals surface area contributed by atoms with Crippen molar-refractivity contribution in [2.75, 3.05) is 0 Å². The Labute approximate surface area is 130 Å². The highest BCUT2D eigenvalue weighted by Gasteiger charge is 2.10. The van der Waals surface area contributed by atoms with Gasteiger partial charge in [-0.3, -0.25) is 0 Å². The summed E-state index contributed by atoms with van der Waals surface area (Å²) < 4.78 is 0. The summed E-state index contributed by atoms with van der Waals surface area (Å²) in [6, 6.07) is 18.0. The van der Waals surface area contributed by atoms with E-state index in [0.717, 1.165) is 5.92 Å². The molecule has 0 saturated carbocycles. The summed E-state index contributed by atoms with van der Waals surface area (Å²) in [6.07, 6.45) is 3.85. The van der Waals surface area contributed by atoms with Gasteiger partial charge in [0.1, 0.15) is 0 Å². The molecule has 0 fully saturated rings. The van der Waals surface area contributed by atoms with Gasteiger partial charge < -0.3 is 0 Å². The van der Waals surface area contributed by atoms with Gasteiger partial charge in [0.2, 0.25) is 0 Å². The lowest BCUT2D eigenvalue weighted by atomic mass is 9.88. The van der Waals surface area contributed by atoms with Gasteiger partial charge in [-0.1, -0.05) is 81.3 Å². The van der Waals surface area contributed by atoms with E-state index in [1.54, 1.807) is 0 Å². The zero-order chi connectivity index (χ0) is 15.2. The van der Waals surface area contributed by atoms with Crippen LogP contribution in [0.5, 0.6) is 0 Å². The van der Waals surface area contributed by atoms with Gasteiger partial charge >= 0.3 is 0 Å².